The van der Waals surface area contributed by atoms with Crippen molar-refractivity contribution in [1.82, 2.24) is 20.6 Å². The van der Waals surface area contributed by atoms with Gasteiger partial charge < -0.3 is 30.3 Å². The number of carbonyl (C=O) groups excluding carboxylic acids is 4. The summed E-state index contributed by atoms with van der Waals surface area (Å²) in [5.74, 6) is -14.8. The van der Waals surface area contributed by atoms with E-state index in [4.69, 9.17) is 9.47 Å². The Hall–Kier alpha value is -4.34. The van der Waals surface area contributed by atoms with Gasteiger partial charge in [0, 0.05) is 24.1 Å². The van der Waals surface area contributed by atoms with Gasteiger partial charge in [-0.25, -0.2) is 14.2 Å². The van der Waals surface area contributed by atoms with Crippen LogP contribution >= 0.6 is 0 Å². The van der Waals surface area contributed by atoms with Crippen molar-refractivity contribution < 1.29 is 56.4 Å². The molecule has 2 aliphatic rings. The summed E-state index contributed by atoms with van der Waals surface area (Å²) in [4.78, 5) is 59.0. The average molecular weight is 613 g/mol. The van der Waals surface area contributed by atoms with E-state index < -0.39 is 113 Å². The van der Waals surface area contributed by atoms with Crippen molar-refractivity contribution in [3.63, 3.8) is 0 Å². The molecule has 1 aliphatic carbocycles. The largest absolute Gasteiger partial charge is 0.505 e. The molecule has 0 spiro atoms. The maximum absolute atomic E-state index is 14.6. The first-order valence-corrected chi connectivity index (χ1v) is 13.3. The molecular formula is C27H28F4N4O8. The second-order valence-corrected chi connectivity index (χ2v) is 10.4. The van der Waals surface area contributed by atoms with E-state index in [-0.39, 0.29) is 0 Å². The zero-order valence-corrected chi connectivity index (χ0v) is 22.9. The number of aliphatic hydroxyl groups is 1. The standard InChI is InChI=1S/C27H28F4N4O8/c1-10-20(37)14(9-13-16(28)17(29)23(31)35-22(13)30)33-24(38)18(34-25(39)19-15(36)7-4-8-32-19)11(2)42-27(41)21(43-26(10)40)12-5-3-6-12/h4,7-8,10-12,14,18,20-21,36-37H,3,5-6,9H2,1-2H3,(H,33,38)(H,34,39)/t10-,11-,14+,18+,20+,21?/m1/s1. The summed E-state index contributed by atoms with van der Waals surface area (Å²) in [7, 11) is 0. The highest BCUT2D eigenvalue weighted by Crippen LogP contribution is 2.33. The molecule has 43 heavy (non-hydrogen) atoms. The molecule has 3 heterocycles. The summed E-state index contributed by atoms with van der Waals surface area (Å²) in [5.41, 5.74) is -1.65. The van der Waals surface area contributed by atoms with E-state index >= 15 is 0 Å². The van der Waals surface area contributed by atoms with Crippen LogP contribution in [0.3, 0.4) is 0 Å². The molecule has 0 bridgehead atoms. The van der Waals surface area contributed by atoms with E-state index in [2.05, 4.69) is 20.6 Å². The van der Waals surface area contributed by atoms with Crippen molar-refractivity contribution in [2.24, 2.45) is 11.8 Å². The maximum atomic E-state index is 14.6. The third kappa shape index (κ3) is 6.68. The van der Waals surface area contributed by atoms with Gasteiger partial charge in [-0.2, -0.15) is 18.2 Å². The predicted molar refractivity (Wildman–Crippen MR) is 135 cm³/mol. The van der Waals surface area contributed by atoms with E-state index in [1.165, 1.54) is 19.2 Å². The molecule has 6 atom stereocenters. The van der Waals surface area contributed by atoms with Crippen LogP contribution in [0.2, 0.25) is 0 Å². The molecule has 1 saturated carbocycles. The highest BCUT2D eigenvalue weighted by molar-refractivity contribution is 5.98. The molecule has 4 N–H and O–H groups in total. The second-order valence-electron chi connectivity index (χ2n) is 10.4. The highest BCUT2D eigenvalue weighted by atomic mass is 19.2. The Labute approximate surface area is 241 Å². The van der Waals surface area contributed by atoms with Crippen LogP contribution in [0, 0.1) is 35.4 Å². The fourth-order valence-electron chi connectivity index (χ4n) is 4.74. The second kappa shape index (κ2) is 12.9. The van der Waals surface area contributed by atoms with Crippen molar-refractivity contribution in [2.75, 3.05) is 0 Å². The van der Waals surface area contributed by atoms with Crippen LogP contribution < -0.4 is 10.6 Å². The Kier molecular flexibility index (Phi) is 9.47. The van der Waals surface area contributed by atoms with Gasteiger partial charge in [0.25, 0.3) is 11.9 Å². The van der Waals surface area contributed by atoms with Crippen molar-refractivity contribution in [3.05, 3.63) is 53.1 Å². The number of carbonyl (C=O) groups is 4. The van der Waals surface area contributed by atoms with Crippen LogP contribution in [0.25, 0.3) is 0 Å². The molecule has 2 fully saturated rings. The Bertz CT molecular complexity index is 1430. The quantitative estimate of drug-likeness (QED) is 0.218. The van der Waals surface area contributed by atoms with Gasteiger partial charge in [-0.3, -0.25) is 14.4 Å². The van der Waals surface area contributed by atoms with Crippen LogP contribution in [-0.2, 0) is 30.3 Å². The van der Waals surface area contributed by atoms with E-state index in [1.807, 2.05) is 0 Å². The highest BCUT2D eigenvalue weighted by Gasteiger charge is 2.44. The number of nitrogens with zero attached hydrogens (tertiary/aromatic N) is 2. The van der Waals surface area contributed by atoms with Gasteiger partial charge in [-0.05, 0) is 38.8 Å². The first-order valence-electron chi connectivity index (χ1n) is 13.3. The molecule has 12 nitrogen and oxygen atoms in total. The van der Waals surface area contributed by atoms with Crippen LogP contribution in [0.5, 0.6) is 5.75 Å². The Morgan fingerprint density at radius 3 is 2.40 bits per heavy atom. The molecule has 1 saturated heterocycles. The topological polar surface area (TPSA) is 177 Å². The van der Waals surface area contributed by atoms with E-state index in [1.54, 1.807) is 0 Å². The minimum atomic E-state index is -2.11. The molecule has 2 aromatic heterocycles. The van der Waals surface area contributed by atoms with Gasteiger partial charge in [-0.15, -0.1) is 0 Å². The van der Waals surface area contributed by atoms with Crippen LogP contribution in [0.1, 0.15) is 49.2 Å². The number of nitrogens with one attached hydrogen (secondary N) is 2. The third-order valence-electron chi connectivity index (χ3n) is 7.53. The summed E-state index contributed by atoms with van der Waals surface area (Å²) in [6.45, 7) is 2.38. The van der Waals surface area contributed by atoms with Crippen molar-refractivity contribution in [1.29, 1.82) is 0 Å². The van der Waals surface area contributed by atoms with E-state index in [9.17, 15) is 47.0 Å². The lowest BCUT2D eigenvalue weighted by Gasteiger charge is -2.36. The Morgan fingerprint density at radius 2 is 1.77 bits per heavy atom. The summed E-state index contributed by atoms with van der Waals surface area (Å²) in [6, 6.07) is -1.06. The minimum absolute atomic E-state index is 0.435. The number of halogens is 4. The molecule has 4 rings (SSSR count). The van der Waals surface area contributed by atoms with E-state index in [0.717, 1.165) is 19.4 Å². The fourth-order valence-corrected chi connectivity index (χ4v) is 4.74. The molecule has 1 aliphatic heterocycles. The smallest absolute Gasteiger partial charge is 0.348 e. The molecule has 2 aromatic rings. The average Bonchev–Trinajstić information content (AvgIpc) is 2.93. The summed E-state index contributed by atoms with van der Waals surface area (Å²) in [6.07, 6.45) is -2.98. The number of pyridine rings is 2. The minimum Gasteiger partial charge on any atom is -0.505 e. The number of aromatic hydroxyl groups is 1. The number of hydrogen-bond acceptors (Lipinski definition) is 10. The lowest BCUT2D eigenvalue weighted by Crippen LogP contribution is -2.59. The molecule has 1 unspecified atom stereocenters. The maximum Gasteiger partial charge on any atom is 0.348 e. The molecule has 0 radical (unpaired) electrons. The SMILES string of the molecule is C[C@H]1OC(=O)C(C2CCC2)OC(=O)[C@H](C)[C@H](O)[C@H](Cc2c(F)nc(F)c(F)c2F)NC(=O)[C@H]1NC(=O)c1ncccc1O. The molecular weight excluding hydrogens is 584 g/mol. The van der Waals surface area contributed by atoms with Crippen molar-refractivity contribution in [3.8, 4) is 5.75 Å². The lowest BCUT2D eigenvalue weighted by molar-refractivity contribution is -0.183. The summed E-state index contributed by atoms with van der Waals surface area (Å²) < 4.78 is 67.2. The molecule has 0 aromatic carbocycles. The van der Waals surface area contributed by atoms with Crippen molar-refractivity contribution in [2.45, 2.75) is 69.9 Å². The number of amides is 2. The number of hydrogen-bond donors (Lipinski definition) is 4. The Morgan fingerprint density at radius 1 is 1.07 bits per heavy atom. The number of rotatable bonds is 5. The monoisotopic (exact) mass is 612 g/mol. The lowest BCUT2D eigenvalue weighted by atomic mass is 9.81. The van der Waals surface area contributed by atoms with Gasteiger partial charge >= 0.3 is 11.9 Å². The number of aliphatic hydroxyl groups excluding tert-OH is 1. The first-order chi connectivity index (χ1) is 20.3. The van der Waals surface area contributed by atoms with Crippen molar-refractivity contribution >= 4 is 23.8 Å². The predicted octanol–water partition coefficient (Wildman–Crippen LogP) is 1.22. The van der Waals surface area contributed by atoms with E-state index in [0.29, 0.717) is 12.8 Å². The molecule has 232 valence electrons. The number of aromatic nitrogens is 2. The Balaban J connectivity index is 1.73. The van der Waals surface area contributed by atoms with Crippen LogP contribution in [0.4, 0.5) is 17.6 Å². The van der Waals surface area contributed by atoms with Crippen LogP contribution in [-0.4, -0.2) is 74.3 Å². The number of esters is 2. The van der Waals surface area contributed by atoms with Gasteiger partial charge in [-0.1, -0.05) is 6.42 Å². The zero-order valence-electron chi connectivity index (χ0n) is 22.9. The number of cyclic esters (lactones) is 2. The summed E-state index contributed by atoms with van der Waals surface area (Å²) >= 11 is 0. The van der Waals surface area contributed by atoms with Gasteiger partial charge in [0.15, 0.2) is 11.5 Å². The normalized spacial score (nSPS) is 27.1. The molecule has 16 heteroatoms. The van der Waals surface area contributed by atoms with Crippen LogP contribution in [0.15, 0.2) is 18.3 Å². The zero-order chi connectivity index (χ0) is 31.6. The summed E-state index contributed by atoms with van der Waals surface area (Å²) in [5, 5.41) is 25.6. The van der Waals surface area contributed by atoms with Gasteiger partial charge in [0.05, 0.1) is 18.1 Å². The first kappa shape index (κ1) is 31.6. The van der Waals surface area contributed by atoms with Gasteiger partial charge in [0.2, 0.25) is 23.8 Å². The fraction of sp³-hybridized carbons (Fsp3) is 0.481. The third-order valence-corrected chi connectivity index (χ3v) is 7.53. The molecule has 2 amide bonds. The number of ether oxygens (including phenoxy) is 2. The van der Waals surface area contributed by atoms with Gasteiger partial charge in [0.1, 0.15) is 17.9 Å².